The Morgan fingerprint density at radius 2 is 1.81 bits per heavy atom. The van der Waals surface area contributed by atoms with Crippen LogP contribution in [0, 0.1) is 62.6 Å². The first-order chi connectivity index (χ1) is 25.1. The van der Waals surface area contributed by atoms with Crippen LogP contribution >= 0.6 is 0 Å². The van der Waals surface area contributed by atoms with E-state index in [-0.39, 0.29) is 58.0 Å². The van der Waals surface area contributed by atoms with E-state index in [9.17, 15) is 14.7 Å². The molecule has 0 spiro atoms. The Labute approximate surface area is 324 Å². The molecule has 6 rings (SSSR count). The van der Waals surface area contributed by atoms with Crippen molar-refractivity contribution in [2.75, 3.05) is 47.0 Å². The Kier molecular flexibility index (Phi) is 10.9. The van der Waals surface area contributed by atoms with Crippen LogP contribution in [0.25, 0.3) is 0 Å². The molecule has 11 nitrogen and oxygen atoms in total. The first-order valence-electron chi connectivity index (χ1n) is 20.8. The van der Waals surface area contributed by atoms with Gasteiger partial charge in [-0.1, -0.05) is 74.0 Å². The summed E-state index contributed by atoms with van der Waals surface area (Å²) >= 11 is 0. The molecule has 1 aliphatic heterocycles. The van der Waals surface area contributed by atoms with Crippen LogP contribution < -0.4 is 11.1 Å². The second-order valence-electron chi connectivity index (χ2n) is 20.6. The van der Waals surface area contributed by atoms with Crippen LogP contribution in [0.2, 0.25) is 0 Å². The fourth-order valence-corrected chi connectivity index (χ4v) is 12.7. The number of carboxylic acid groups (broad SMARTS) is 1. The molecular formula is C43H72N6O5. The van der Waals surface area contributed by atoms with Crippen molar-refractivity contribution in [1.82, 2.24) is 25.0 Å². The number of carboxylic acids is 1. The minimum atomic E-state index is -0.649. The van der Waals surface area contributed by atoms with Crippen molar-refractivity contribution < 1.29 is 24.2 Å². The summed E-state index contributed by atoms with van der Waals surface area (Å²) < 4.78 is 15.7. The number of likely N-dealkylation sites (N-methyl/N-ethyl adjacent to an activating group) is 1. The molecule has 2 bridgehead atoms. The minimum Gasteiger partial charge on any atom is -0.481 e. The van der Waals surface area contributed by atoms with Crippen LogP contribution in [0.3, 0.4) is 0 Å². The summed E-state index contributed by atoms with van der Waals surface area (Å²) in [6.45, 7) is 25.1. The molecule has 12 atom stereocenters. The van der Waals surface area contributed by atoms with Crippen LogP contribution in [0.1, 0.15) is 124 Å². The molecule has 0 unspecified atom stereocenters. The zero-order chi connectivity index (χ0) is 39.8. The highest BCUT2D eigenvalue weighted by Crippen LogP contribution is 2.75. The number of hydrogen-bond donors (Lipinski definition) is 3. The maximum atomic E-state index is 13.8. The van der Waals surface area contributed by atoms with Gasteiger partial charge in [0.2, 0.25) is 5.82 Å². The first kappa shape index (κ1) is 41.3. The average Bonchev–Trinajstić information content (AvgIpc) is 3.57. The SMILES string of the molecule is CC(C)[C@@H](C)[C@@]1(C)CC[C@]2(C)[C@H]3CC[C@@H]4[C@@]5(COC[C@@]4(C)[C@@H](OC[C@](C)(N)C(C)C)[C@H](n4ncnc4C(=O)NCCN(C)C)C5)C3=CC[C@@]2(C)[C@@H]1C(=O)O. The van der Waals surface area contributed by atoms with Gasteiger partial charge in [0.15, 0.2) is 0 Å². The van der Waals surface area contributed by atoms with Crippen molar-refractivity contribution in [3.05, 3.63) is 23.8 Å². The van der Waals surface area contributed by atoms with Crippen molar-refractivity contribution in [3.63, 3.8) is 0 Å². The van der Waals surface area contributed by atoms with Gasteiger partial charge in [0.05, 0.1) is 37.9 Å². The number of carbonyl (C=O) groups is 2. The molecule has 3 saturated carbocycles. The molecule has 4 fully saturated rings. The Morgan fingerprint density at radius 3 is 2.44 bits per heavy atom. The van der Waals surface area contributed by atoms with Gasteiger partial charge in [0.25, 0.3) is 5.91 Å². The zero-order valence-electron chi connectivity index (χ0n) is 35.5. The lowest BCUT2D eigenvalue weighted by Crippen LogP contribution is -2.69. The van der Waals surface area contributed by atoms with E-state index < -0.39 is 28.3 Å². The smallest absolute Gasteiger partial charge is 0.307 e. The molecule has 1 amide bonds. The van der Waals surface area contributed by atoms with E-state index in [1.54, 1.807) is 0 Å². The Hall–Kier alpha value is -2.34. The van der Waals surface area contributed by atoms with Gasteiger partial charge in [-0.15, -0.1) is 0 Å². The summed E-state index contributed by atoms with van der Waals surface area (Å²) in [4.78, 5) is 33.9. The summed E-state index contributed by atoms with van der Waals surface area (Å²) in [5.74, 6) is 0.349. The fourth-order valence-electron chi connectivity index (χ4n) is 12.7. The summed E-state index contributed by atoms with van der Waals surface area (Å²) in [5, 5.41) is 19.0. The number of aromatic nitrogens is 3. The Morgan fingerprint density at radius 1 is 1.11 bits per heavy atom. The standard InChI is InChI=1S/C43H72N6O5/c1-26(2)28(5)38(6)17-18-40(8)29-13-14-32-39(7)22-53-24-43(32,30(29)15-16-41(40,9)33(38)37(51)52)21-31(34(39)54-23-42(10,44)27(3)4)49-35(46-25-47-49)36(50)45-19-20-48(11)12/h15,25-29,31-34H,13-14,16-24,44H2,1-12H3,(H,45,50)(H,51,52)/t28-,29+,31-,32+,33-,34+,38-,39-,40-,41+,42+,43+/m1/s1. The molecule has 4 aliphatic carbocycles. The van der Waals surface area contributed by atoms with E-state index in [0.717, 1.165) is 32.1 Å². The van der Waals surface area contributed by atoms with Gasteiger partial charge < -0.3 is 30.5 Å². The predicted octanol–water partition coefficient (Wildman–Crippen LogP) is 6.46. The number of fused-ring (bicyclic) bond motifs is 3. The Balaban J connectivity index is 1.45. The molecule has 1 saturated heterocycles. The molecule has 1 aromatic rings. The number of rotatable bonds is 12. The maximum absolute atomic E-state index is 13.8. The lowest BCUT2D eigenvalue weighted by Gasteiger charge is -2.71. The summed E-state index contributed by atoms with van der Waals surface area (Å²) in [5.41, 5.74) is 6.13. The number of ether oxygens (including phenoxy) is 2. The maximum Gasteiger partial charge on any atom is 0.307 e. The number of nitrogens with two attached hydrogens (primary N) is 1. The molecule has 0 aromatic carbocycles. The van der Waals surface area contributed by atoms with Crippen LogP contribution in [-0.2, 0) is 14.3 Å². The molecule has 5 aliphatic rings. The zero-order valence-corrected chi connectivity index (χ0v) is 35.5. The summed E-state index contributed by atoms with van der Waals surface area (Å²) in [6, 6.07) is -0.288. The van der Waals surface area contributed by atoms with E-state index in [1.807, 2.05) is 23.7 Å². The van der Waals surface area contributed by atoms with Crippen LogP contribution in [0.5, 0.6) is 0 Å². The van der Waals surface area contributed by atoms with Crippen molar-refractivity contribution in [2.45, 2.75) is 125 Å². The molecular weight excluding hydrogens is 681 g/mol. The van der Waals surface area contributed by atoms with Crippen LogP contribution in [-0.4, -0.2) is 95.3 Å². The number of hydrogen-bond acceptors (Lipinski definition) is 8. The van der Waals surface area contributed by atoms with Gasteiger partial charge in [-0.25, -0.2) is 9.67 Å². The average molecular weight is 753 g/mol. The lowest BCUT2D eigenvalue weighted by atomic mass is 9.34. The van der Waals surface area contributed by atoms with Crippen LogP contribution in [0.15, 0.2) is 18.0 Å². The molecule has 0 radical (unpaired) electrons. The molecule has 304 valence electrons. The Bertz CT molecular complexity index is 1610. The highest BCUT2D eigenvalue weighted by molar-refractivity contribution is 5.90. The number of amides is 1. The summed E-state index contributed by atoms with van der Waals surface area (Å²) in [7, 11) is 3.97. The monoisotopic (exact) mass is 753 g/mol. The molecule has 1 aromatic heterocycles. The quantitative estimate of drug-likeness (QED) is 0.205. The van der Waals surface area contributed by atoms with E-state index in [0.29, 0.717) is 51.1 Å². The number of nitrogens with one attached hydrogen (secondary N) is 1. The van der Waals surface area contributed by atoms with Crippen molar-refractivity contribution in [3.8, 4) is 0 Å². The number of nitrogens with zero attached hydrogens (tertiary/aromatic N) is 4. The van der Waals surface area contributed by atoms with Gasteiger partial charge in [-0.3, -0.25) is 9.59 Å². The van der Waals surface area contributed by atoms with Crippen LogP contribution in [0.4, 0.5) is 0 Å². The normalized spacial score (nSPS) is 40.7. The topological polar surface area (TPSA) is 145 Å². The number of aliphatic carboxylic acids is 1. The second kappa shape index (κ2) is 14.2. The third kappa shape index (κ3) is 6.20. The van der Waals surface area contributed by atoms with Gasteiger partial charge in [-0.05, 0) is 105 Å². The number of carbonyl (C=O) groups excluding carboxylic acids is 1. The largest absolute Gasteiger partial charge is 0.481 e. The van der Waals surface area contributed by atoms with E-state index in [4.69, 9.17) is 20.3 Å². The number of allylic oxidation sites excluding steroid dienone is 1. The molecule has 4 N–H and O–H groups in total. The van der Waals surface area contributed by atoms with Crippen molar-refractivity contribution in [2.24, 2.45) is 68.3 Å². The lowest BCUT2D eigenvalue weighted by molar-refractivity contribution is -0.252. The van der Waals surface area contributed by atoms with E-state index in [2.05, 4.69) is 85.6 Å². The fraction of sp³-hybridized carbons (Fsp3) is 0.860. The predicted molar refractivity (Wildman–Crippen MR) is 211 cm³/mol. The van der Waals surface area contributed by atoms with Crippen molar-refractivity contribution >= 4 is 11.9 Å². The molecule has 11 heteroatoms. The van der Waals surface area contributed by atoms with Gasteiger partial charge in [0, 0.05) is 29.5 Å². The van der Waals surface area contributed by atoms with E-state index >= 15 is 0 Å². The second-order valence-corrected chi connectivity index (χ2v) is 20.6. The minimum absolute atomic E-state index is 0.198. The first-order valence-corrected chi connectivity index (χ1v) is 20.8. The summed E-state index contributed by atoms with van der Waals surface area (Å²) in [6.07, 6.45) is 9.01. The third-order valence-corrected chi connectivity index (χ3v) is 16.9. The molecule has 2 heterocycles. The molecule has 54 heavy (non-hydrogen) atoms. The van der Waals surface area contributed by atoms with E-state index in [1.165, 1.54) is 11.9 Å². The van der Waals surface area contributed by atoms with Gasteiger partial charge in [-0.2, -0.15) is 5.10 Å². The van der Waals surface area contributed by atoms with Crippen molar-refractivity contribution in [1.29, 1.82) is 0 Å². The van der Waals surface area contributed by atoms with Gasteiger partial charge in [0.1, 0.15) is 6.33 Å². The van der Waals surface area contributed by atoms with Gasteiger partial charge >= 0.3 is 5.97 Å². The highest BCUT2D eigenvalue weighted by atomic mass is 16.5. The highest BCUT2D eigenvalue weighted by Gasteiger charge is 2.72. The third-order valence-electron chi connectivity index (χ3n) is 16.9.